The highest BCUT2D eigenvalue weighted by atomic mass is 19.1. The van der Waals surface area contributed by atoms with Crippen molar-refractivity contribution in [2.45, 2.75) is 19.4 Å². The molecule has 0 saturated heterocycles. The lowest BCUT2D eigenvalue weighted by molar-refractivity contribution is -0.386. The zero-order valence-electron chi connectivity index (χ0n) is 10.1. The molecule has 0 heterocycles. The summed E-state index contributed by atoms with van der Waals surface area (Å²) in [4.78, 5) is 21.0. The number of phenolic OH excluding ortho intramolecular Hbond substituents is 1. The molecule has 0 spiro atoms. The van der Waals surface area contributed by atoms with Crippen molar-refractivity contribution in [2.24, 2.45) is 5.73 Å². The summed E-state index contributed by atoms with van der Waals surface area (Å²) >= 11 is 0. The lowest BCUT2D eigenvalue weighted by Gasteiger charge is -2.10. The first-order chi connectivity index (χ1) is 8.86. The normalized spacial score (nSPS) is 11.9. The smallest absolute Gasteiger partial charge is 0.323 e. The average molecular weight is 272 g/mol. The van der Waals surface area contributed by atoms with Crippen molar-refractivity contribution in [3.8, 4) is 5.75 Å². The average Bonchev–Trinajstić information content (AvgIpc) is 2.33. The van der Waals surface area contributed by atoms with Gasteiger partial charge in [-0.3, -0.25) is 14.9 Å². The SMILES string of the molecule is CCOC(=O)C(N)Cc1cc(F)c(O)c([N+](=O)[O-])c1. The molecule has 0 amide bonds. The molecule has 0 aliphatic heterocycles. The number of nitro groups is 1. The number of benzene rings is 1. The number of phenols is 1. The second-order valence-electron chi connectivity index (χ2n) is 3.77. The van der Waals surface area contributed by atoms with Gasteiger partial charge >= 0.3 is 11.7 Å². The van der Waals surface area contributed by atoms with Gasteiger partial charge in [-0.25, -0.2) is 4.39 Å². The highest BCUT2D eigenvalue weighted by Gasteiger charge is 2.22. The maximum Gasteiger partial charge on any atom is 0.323 e. The van der Waals surface area contributed by atoms with Gasteiger partial charge in [-0.05, 0) is 25.0 Å². The number of nitro benzene ring substituents is 1. The molecule has 19 heavy (non-hydrogen) atoms. The number of halogens is 1. The number of carbonyl (C=O) groups excluding carboxylic acids is 1. The quantitative estimate of drug-likeness (QED) is 0.467. The van der Waals surface area contributed by atoms with Gasteiger partial charge in [0.05, 0.1) is 11.5 Å². The van der Waals surface area contributed by atoms with E-state index in [2.05, 4.69) is 4.74 Å². The molecule has 1 aromatic carbocycles. The van der Waals surface area contributed by atoms with Crippen LogP contribution in [0.15, 0.2) is 12.1 Å². The van der Waals surface area contributed by atoms with Gasteiger partial charge in [-0.1, -0.05) is 0 Å². The molecule has 0 aliphatic carbocycles. The summed E-state index contributed by atoms with van der Waals surface area (Å²) in [6.07, 6.45) is -0.128. The molecule has 1 rings (SSSR count). The molecule has 1 unspecified atom stereocenters. The molecule has 1 atom stereocenters. The van der Waals surface area contributed by atoms with Gasteiger partial charge < -0.3 is 15.6 Å². The minimum Gasteiger partial charge on any atom is -0.500 e. The lowest BCUT2D eigenvalue weighted by Crippen LogP contribution is -2.34. The number of hydrogen-bond donors (Lipinski definition) is 2. The topological polar surface area (TPSA) is 116 Å². The summed E-state index contributed by atoms with van der Waals surface area (Å²) in [6, 6.07) is 0.808. The van der Waals surface area contributed by atoms with Crippen molar-refractivity contribution >= 4 is 11.7 Å². The van der Waals surface area contributed by atoms with E-state index < -0.39 is 34.2 Å². The van der Waals surface area contributed by atoms with Crippen molar-refractivity contribution in [3.05, 3.63) is 33.6 Å². The number of hydrogen-bond acceptors (Lipinski definition) is 6. The Balaban J connectivity index is 2.96. The van der Waals surface area contributed by atoms with E-state index in [9.17, 15) is 24.4 Å². The van der Waals surface area contributed by atoms with Gasteiger partial charge in [-0.15, -0.1) is 0 Å². The van der Waals surface area contributed by atoms with Gasteiger partial charge in [0, 0.05) is 6.07 Å². The van der Waals surface area contributed by atoms with Crippen LogP contribution >= 0.6 is 0 Å². The van der Waals surface area contributed by atoms with Gasteiger partial charge in [0.1, 0.15) is 6.04 Å². The fourth-order valence-electron chi connectivity index (χ4n) is 1.48. The van der Waals surface area contributed by atoms with Crippen molar-refractivity contribution < 1.29 is 24.0 Å². The fourth-order valence-corrected chi connectivity index (χ4v) is 1.48. The molecule has 0 bridgehead atoms. The summed E-state index contributed by atoms with van der Waals surface area (Å²) < 4.78 is 18.0. The van der Waals surface area contributed by atoms with Gasteiger partial charge in [0.2, 0.25) is 5.75 Å². The maximum atomic E-state index is 13.3. The number of esters is 1. The van der Waals surface area contributed by atoms with E-state index in [0.717, 1.165) is 12.1 Å². The Kier molecular flexibility index (Phi) is 4.76. The Hall–Kier alpha value is -2.22. The Bertz CT molecular complexity index is 506. The minimum atomic E-state index is -1.14. The maximum absolute atomic E-state index is 13.3. The van der Waals surface area contributed by atoms with Crippen LogP contribution in [0.2, 0.25) is 0 Å². The monoisotopic (exact) mass is 272 g/mol. The Morgan fingerprint density at radius 1 is 1.63 bits per heavy atom. The molecule has 0 radical (unpaired) electrons. The molecule has 0 aliphatic rings. The van der Waals surface area contributed by atoms with E-state index in [4.69, 9.17) is 5.73 Å². The Morgan fingerprint density at radius 3 is 2.79 bits per heavy atom. The number of nitrogens with zero attached hydrogens (tertiary/aromatic N) is 1. The second kappa shape index (κ2) is 6.10. The molecule has 0 saturated carbocycles. The van der Waals surface area contributed by atoms with Crippen LogP contribution in [0.25, 0.3) is 0 Å². The number of nitrogens with two attached hydrogens (primary N) is 1. The summed E-state index contributed by atoms with van der Waals surface area (Å²) in [5.41, 5.74) is 4.88. The van der Waals surface area contributed by atoms with Crippen molar-refractivity contribution in [2.75, 3.05) is 6.61 Å². The van der Waals surface area contributed by atoms with Crippen molar-refractivity contribution in [1.29, 1.82) is 0 Å². The third-order valence-corrected chi connectivity index (χ3v) is 2.34. The molecular formula is C11H13FN2O5. The number of aromatic hydroxyl groups is 1. The van der Waals surface area contributed by atoms with E-state index in [1.807, 2.05) is 0 Å². The highest BCUT2D eigenvalue weighted by molar-refractivity contribution is 5.76. The predicted molar refractivity (Wildman–Crippen MR) is 63.0 cm³/mol. The molecule has 0 fully saturated rings. The third-order valence-electron chi connectivity index (χ3n) is 2.34. The largest absolute Gasteiger partial charge is 0.500 e. The molecule has 7 nitrogen and oxygen atoms in total. The van der Waals surface area contributed by atoms with Gasteiger partial charge in [-0.2, -0.15) is 0 Å². The summed E-state index contributed by atoms with van der Waals surface area (Å²) in [5.74, 6) is -2.86. The summed E-state index contributed by atoms with van der Waals surface area (Å²) in [6.45, 7) is 1.76. The standard InChI is InChI=1S/C11H13FN2O5/c1-2-19-11(16)8(13)4-6-3-7(12)10(15)9(5-6)14(17)18/h3,5,8,15H,2,4,13H2,1H3. The van der Waals surface area contributed by atoms with Crippen LogP contribution in [0.4, 0.5) is 10.1 Å². The number of rotatable bonds is 5. The van der Waals surface area contributed by atoms with E-state index in [1.54, 1.807) is 6.92 Å². The predicted octanol–water partition coefficient (Wildman–Crippen LogP) is 0.872. The third kappa shape index (κ3) is 3.62. The molecule has 0 aromatic heterocycles. The summed E-state index contributed by atoms with van der Waals surface area (Å²) in [7, 11) is 0. The van der Waals surface area contributed by atoms with Crippen LogP contribution in [-0.2, 0) is 16.0 Å². The van der Waals surface area contributed by atoms with Crippen LogP contribution in [-0.4, -0.2) is 28.6 Å². The molecule has 3 N–H and O–H groups in total. The van der Waals surface area contributed by atoms with Crippen LogP contribution in [0.1, 0.15) is 12.5 Å². The van der Waals surface area contributed by atoms with Crippen LogP contribution < -0.4 is 5.73 Å². The zero-order chi connectivity index (χ0) is 14.6. The highest BCUT2D eigenvalue weighted by Crippen LogP contribution is 2.30. The summed E-state index contributed by atoms with van der Waals surface area (Å²) in [5, 5.41) is 19.8. The number of ether oxygens (including phenoxy) is 1. The Morgan fingerprint density at radius 2 is 2.26 bits per heavy atom. The van der Waals surface area contributed by atoms with Crippen molar-refractivity contribution in [1.82, 2.24) is 0 Å². The second-order valence-corrected chi connectivity index (χ2v) is 3.77. The van der Waals surface area contributed by atoms with E-state index in [-0.39, 0.29) is 18.6 Å². The molecule has 1 aromatic rings. The minimum absolute atomic E-state index is 0.127. The first-order valence-corrected chi connectivity index (χ1v) is 5.44. The number of carbonyl (C=O) groups is 1. The van der Waals surface area contributed by atoms with Gasteiger partial charge in [0.25, 0.3) is 0 Å². The molecule has 8 heteroatoms. The first-order valence-electron chi connectivity index (χ1n) is 5.44. The fraction of sp³-hybridized carbons (Fsp3) is 0.364. The molecule has 104 valence electrons. The van der Waals surface area contributed by atoms with Crippen LogP contribution in [0.3, 0.4) is 0 Å². The van der Waals surface area contributed by atoms with Crippen molar-refractivity contribution in [3.63, 3.8) is 0 Å². The molecular weight excluding hydrogens is 259 g/mol. The van der Waals surface area contributed by atoms with E-state index in [1.165, 1.54) is 0 Å². The van der Waals surface area contributed by atoms with Crippen LogP contribution in [0.5, 0.6) is 5.75 Å². The van der Waals surface area contributed by atoms with E-state index >= 15 is 0 Å². The first kappa shape index (κ1) is 14.8. The van der Waals surface area contributed by atoms with E-state index in [0.29, 0.717) is 0 Å². The lowest BCUT2D eigenvalue weighted by atomic mass is 10.1. The zero-order valence-corrected chi connectivity index (χ0v) is 10.1. The van der Waals surface area contributed by atoms with Crippen LogP contribution in [0, 0.1) is 15.9 Å². The Labute approximate surface area is 107 Å². The van der Waals surface area contributed by atoms with Gasteiger partial charge in [0.15, 0.2) is 5.82 Å².